The second-order valence-corrected chi connectivity index (χ2v) is 9.42. The molecule has 1 aromatic heterocycles. The maximum atomic E-state index is 11.4. The number of rotatable bonds is 12. The minimum absolute atomic E-state index is 0.564. The maximum Gasteiger partial charge on any atom is 0.313 e. The topological polar surface area (TPSA) is 81.8 Å². The molecule has 0 saturated carbocycles. The van der Waals surface area contributed by atoms with E-state index in [2.05, 4.69) is 12.1 Å². The molecule has 6 heteroatoms. The zero-order valence-electron chi connectivity index (χ0n) is 21.1. The first kappa shape index (κ1) is 25.3. The quantitative estimate of drug-likeness (QED) is 0.216. The summed E-state index contributed by atoms with van der Waals surface area (Å²) in [5.41, 5.74) is 3.57. The molecule has 1 heterocycles. The van der Waals surface area contributed by atoms with Crippen molar-refractivity contribution in [1.82, 2.24) is 5.16 Å². The summed E-state index contributed by atoms with van der Waals surface area (Å²) in [6.45, 7) is 6.67. The summed E-state index contributed by atoms with van der Waals surface area (Å²) < 4.78 is 17.7. The van der Waals surface area contributed by atoms with Crippen molar-refractivity contribution in [2.45, 2.75) is 51.9 Å². The third-order valence-corrected chi connectivity index (χ3v) is 6.42. The summed E-state index contributed by atoms with van der Waals surface area (Å²) in [7, 11) is 0. The monoisotopic (exact) mass is 487 g/mol. The molecule has 0 bridgehead atoms. The van der Waals surface area contributed by atoms with E-state index >= 15 is 0 Å². The van der Waals surface area contributed by atoms with Gasteiger partial charge in [0.15, 0.2) is 5.58 Å². The Balaban J connectivity index is 1.31. The van der Waals surface area contributed by atoms with Crippen molar-refractivity contribution in [1.29, 1.82) is 0 Å². The van der Waals surface area contributed by atoms with E-state index in [1.807, 2.05) is 66.7 Å². The lowest BCUT2D eigenvalue weighted by molar-refractivity contribution is -0.142. The van der Waals surface area contributed by atoms with Crippen molar-refractivity contribution in [2.24, 2.45) is 0 Å². The van der Waals surface area contributed by atoms with Crippen molar-refractivity contribution >= 4 is 16.9 Å². The van der Waals surface area contributed by atoms with Gasteiger partial charge in [-0.25, -0.2) is 0 Å². The van der Waals surface area contributed by atoms with E-state index in [9.17, 15) is 9.90 Å². The van der Waals surface area contributed by atoms with E-state index in [4.69, 9.17) is 14.0 Å². The van der Waals surface area contributed by atoms with Gasteiger partial charge in [0.25, 0.3) is 0 Å². The van der Waals surface area contributed by atoms with Gasteiger partial charge < -0.3 is 19.1 Å². The van der Waals surface area contributed by atoms with Crippen LogP contribution in [0.25, 0.3) is 22.2 Å². The lowest BCUT2D eigenvalue weighted by atomic mass is 9.85. The molecule has 1 N–H and O–H groups in total. The molecule has 6 nitrogen and oxygen atoms in total. The van der Waals surface area contributed by atoms with Gasteiger partial charge in [-0.1, -0.05) is 61.0 Å². The molecule has 0 fully saturated rings. The highest BCUT2D eigenvalue weighted by molar-refractivity contribution is 5.94. The summed E-state index contributed by atoms with van der Waals surface area (Å²) in [6.07, 6.45) is 3.52. The second kappa shape index (κ2) is 11.3. The highest BCUT2D eigenvalue weighted by Crippen LogP contribution is 2.35. The standard InChI is InChI=1S/C30H33NO5/c1-4-10-24-26(18-17-25-27(31-36-28(24)25)21-11-6-5-7-12-21)35-20-9-8-19-34-23-15-13-22(14-16-23)30(2,3)29(32)33/h5-7,11-18H,4,8-10,19-20H2,1-3H3,(H,32,33). The Morgan fingerprint density at radius 2 is 1.64 bits per heavy atom. The smallest absolute Gasteiger partial charge is 0.313 e. The fourth-order valence-corrected chi connectivity index (χ4v) is 4.13. The van der Waals surface area contributed by atoms with Crippen LogP contribution in [0, 0.1) is 0 Å². The highest BCUT2D eigenvalue weighted by Gasteiger charge is 2.29. The minimum atomic E-state index is -0.926. The molecule has 0 atom stereocenters. The van der Waals surface area contributed by atoms with Crippen LogP contribution in [0.5, 0.6) is 11.5 Å². The Hall–Kier alpha value is -3.80. The third-order valence-electron chi connectivity index (χ3n) is 6.42. The van der Waals surface area contributed by atoms with E-state index in [0.29, 0.717) is 13.2 Å². The zero-order valence-corrected chi connectivity index (χ0v) is 21.1. The molecule has 0 unspecified atom stereocenters. The Kier molecular flexibility index (Phi) is 7.93. The molecular formula is C30H33NO5. The molecule has 0 aliphatic rings. The number of ether oxygens (including phenoxy) is 2. The Morgan fingerprint density at radius 3 is 2.31 bits per heavy atom. The van der Waals surface area contributed by atoms with Crippen molar-refractivity contribution in [3.63, 3.8) is 0 Å². The molecule has 0 amide bonds. The number of aliphatic carboxylic acids is 1. The Labute approximate surface area is 211 Å². The lowest BCUT2D eigenvalue weighted by Gasteiger charge is -2.19. The molecule has 4 aromatic rings. The van der Waals surface area contributed by atoms with Crippen molar-refractivity contribution in [3.8, 4) is 22.8 Å². The highest BCUT2D eigenvalue weighted by atomic mass is 16.5. The van der Waals surface area contributed by atoms with Crippen LogP contribution in [-0.2, 0) is 16.6 Å². The summed E-state index contributed by atoms with van der Waals surface area (Å²) >= 11 is 0. The van der Waals surface area contributed by atoms with Gasteiger partial charge in [-0.15, -0.1) is 0 Å². The fraction of sp³-hybridized carbons (Fsp3) is 0.333. The maximum absolute atomic E-state index is 11.4. The molecule has 0 saturated heterocycles. The molecule has 4 rings (SSSR count). The van der Waals surface area contributed by atoms with Gasteiger partial charge in [-0.05, 0) is 62.9 Å². The van der Waals surface area contributed by atoms with Gasteiger partial charge in [-0.2, -0.15) is 0 Å². The second-order valence-electron chi connectivity index (χ2n) is 9.42. The van der Waals surface area contributed by atoms with E-state index in [1.165, 1.54) is 0 Å². The first-order chi connectivity index (χ1) is 17.4. The van der Waals surface area contributed by atoms with Gasteiger partial charge in [0, 0.05) is 11.1 Å². The molecule has 0 aliphatic carbocycles. The normalized spacial score (nSPS) is 11.5. The lowest BCUT2D eigenvalue weighted by Crippen LogP contribution is -2.28. The predicted molar refractivity (Wildman–Crippen MR) is 141 cm³/mol. The minimum Gasteiger partial charge on any atom is -0.494 e. The molecule has 188 valence electrons. The molecule has 0 radical (unpaired) electrons. The summed E-state index contributed by atoms with van der Waals surface area (Å²) in [6, 6.07) is 21.4. The fourth-order valence-electron chi connectivity index (χ4n) is 4.13. The number of nitrogens with zero attached hydrogens (tertiary/aromatic N) is 1. The molecule has 0 aliphatic heterocycles. The summed E-state index contributed by atoms with van der Waals surface area (Å²) in [5.74, 6) is 0.728. The van der Waals surface area contributed by atoms with E-state index in [-0.39, 0.29) is 0 Å². The number of hydrogen-bond donors (Lipinski definition) is 1. The van der Waals surface area contributed by atoms with E-state index < -0.39 is 11.4 Å². The first-order valence-electron chi connectivity index (χ1n) is 12.5. The molecule has 0 spiro atoms. The number of carboxylic acids is 1. The largest absolute Gasteiger partial charge is 0.494 e. The van der Waals surface area contributed by atoms with Crippen LogP contribution in [0.4, 0.5) is 0 Å². The van der Waals surface area contributed by atoms with Crippen LogP contribution in [0.15, 0.2) is 71.3 Å². The number of carbonyl (C=O) groups is 1. The molecular weight excluding hydrogens is 454 g/mol. The number of aromatic nitrogens is 1. The number of carboxylic acid groups (broad SMARTS) is 1. The number of benzene rings is 3. The SMILES string of the molecule is CCCc1c(OCCCCOc2ccc(C(C)(C)C(=O)O)cc2)ccc2c(-c3ccccc3)noc12. The van der Waals surface area contributed by atoms with Crippen LogP contribution in [0.2, 0.25) is 0 Å². The van der Waals surface area contributed by atoms with Gasteiger partial charge in [0.05, 0.1) is 24.0 Å². The van der Waals surface area contributed by atoms with Gasteiger partial charge in [0.2, 0.25) is 0 Å². The van der Waals surface area contributed by atoms with Crippen LogP contribution in [0.3, 0.4) is 0 Å². The van der Waals surface area contributed by atoms with Crippen LogP contribution in [-0.4, -0.2) is 29.4 Å². The zero-order chi connectivity index (χ0) is 25.5. The van der Waals surface area contributed by atoms with Gasteiger partial charge in [-0.3, -0.25) is 4.79 Å². The molecule has 3 aromatic carbocycles. The summed E-state index contributed by atoms with van der Waals surface area (Å²) in [5, 5.41) is 14.7. The van der Waals surface area contributed by atoms with Crippen molar-refractivity contribution < 1.29 is 23.9 Å². The predicted octanol–water partition coefficient (Wildman–Crippen LogP) is 7.05. The molecule has 36 heavy (non-hydrogen) atoms. The third kappa shape index (κ3) is 5.54. The Bertz CT molecular complexity index is 1290. The average Bonchev–Trinajstić information content (AvgIpc) is 3.32. The first-order valence-corrected chi connectivity index (χ1v) is 12.5. The van der Waals surface area contributed by atoms with E-state index in [1.54, 1.807) is 13.8 Å². The summed E-state index contributed by atoms with van der Waals surface area (Å²) in [4.78, 5) is 11.4. The number of unbranched alkanes of at least 4 members (excludes halogenated alkanes) is 1. The van der Waals surface area contributed by atoms with Crippen LogP contribution >= 0.6 is 0 Å². The van der Waals surface area contributed by atoms with Gasteiger partial charge >= 0.3 is 5.97 Å². The van der Waals surface area contributed by atoms with Crippen molar-refractivity contribution in [3.05, 3.63) is 77.9 Å². The Morgan fingerprint density at radius 1 is 0.944 bits per heavy atom. The van der Waals surface area contributed by atoms with Crippen LogP contribution < -0.4 is 9.47 Å². The number of fused-ring (bicyclic) bond motifs is 1. The van der Waals surface area contributed by atoms with Crippen molar-refractivity contribution in [2.75, 3.05) is 13.2 Å². The number of aryl methyl sites for hydroxylation is 1. The average molecular weight is 488 g/mol. The van der Waals surface area contributed by atoms with E-state index in [0.717, 1.165) is 70.5 Å². The van der Waals surface area contributed by atoms with Crippen LogP contribution in [0.1, 0.15) is 51.2 Å². The van der Waals surface area contributed by atoms with Gasteiger partial charge in [0.1, 0.15) is 17.2 Å². The number of hydrogen-bond acceptors (Lipinski definition) is 5.